The van der Waals surface area contributed by atoms with E-state index in [0.29, 0.717) is 13.1 Å². The van der Waals surface area contributed by atoms with Crippen LogP contribution in [0.2, 0.25) is 0 Å². The molecule has 0 amide bonds. The van der Waals surface area contributed by atoms with Crippen LogP contribution in [0.4, 0.5) is 5.82 Å². The molecule has 1 aliphatic heterocycles. The molecule has 0 aromatic carbocycles. The molecule has 0 bridgehead atoms. The molecule has 0 radical (unpaired) electrons. The van der Waals surface area contributed by atoms with Crippen LogP contribution in [0.1, 0.15) is 12.8 Å². The van der Waals surface area contributed by atoms with Gasteiger partial charge in [-0.25, -0.2) is 13.4 Å². The fourth-order valence-electron chi connectivity index (χ4n) is 1.80. The summed E-state index contributed by atoms with van der Waals surface area (Å²) in [6.45, 7) is 1.15. The Hall–Kier alpha value is -1.08. The average molecular weight is 230 g/mol. The lowest BCUT2D eigenvalue weighted by Gasteiger charge is -2.15. The van der Waals surface area contributed by atoms with Gasteiger partial charge in [0, 0.05) is 20.1 Å². The smallest absolute Gasteiger partial charge is 0.262 e. The van der Waals surface area contributed by atoms with Crippen LogP contribution in [-0.2, 0) is 17.1 Å². The minimum absolute atomic E-state index is 0.0735. The molecular formula is C8H14N4O2S. The minimum atomic E-state index is -3.45. The fourth-order valence-corrected chi connectivity index (χ4v) is 3.51. The van der Waals surface area contributed by atoms with Gasteiger partial charge in [-0.1, -0.05) is 0 Å². The number of nitrogen functional groups attached to an aromatic ring is 1. The maximum atomic E-state index is 12.1. The van der Waals surface area contributed by atoms with Crippen molar-refractivity contribution in [3.63, 3.8) is 0 Å². The number of aromatic nitrogens is 2. The molecule has 15 heavy (non-hydrogen) atoms. The second-order valence-corrected chi connectivity index (χ2v) is 5.51. The Kier molecular flexibility index (Phi) is 2.43. The molecule has 1 saturated heterocycles. The molecule has 0 spiro atoms. The standard InChI is InChI=1S/C8H14N4O2S/c1-11-6-10-7(9)8(11)15(13,14)12-4-2-3-5-12/h6H,2-5,9H2,1H3. The number of hydrogen-bond acceptors (Lipinski definition) is 4. The quantitative estimate of drug-likeness (QED) is 0.762. The van der Waals surface area contributed by atoms with Crippen molar-refractivity contribution < 1.29 is 8.42 Å². The molecule has 2 N–H and O–H groups in total. The van der Waals surface area contributed by atoms with Crippen LogP contribution in [0.3, 0.4) is 0 Å². The normalized spacial score (nSPS) is 18.5. The van der Waals surface area contributed by atoms with Crippen molar-refractivity contribution in [2.75, 3.05) is 18.8 Å². The number of hydrogen-bond donors (Lipinski definition) is 1. The van der Waals surface area contributed by atoms with E-state index in [4.69, 9.17) is 5.73 Å². The Balaban J connectivity index is 2.45. The van der Waals surface area contributed by atoms with Gasteiger partial charge in [0.1, 0.15) is 0 Å². The van der Waals surface area contributed by atoms with Gasteiger partial charge in [0.2, 0.25) is 0 Å². The number of nitrogens with two attached hydrogens (primary N) is 1. The van der Waals surface area contributed by atoms with Crippen molar-refractivity contribution in [3.05, 3.63) is 6.33 Å². The van der Waals surface area contributed by atoms with E-state index < -0.39 is 10.0 Å². The summed E-state index contributed by atoms with van der Waals surface area (Å²) in [4.78, 5) is 3.79. The molecule has 6 nitrogen and oxygen atoms in total. The highest BCUT2D eigenvalue weighted by Crippen LogP contribution is 2.23. The minimum Gasteiger partial charge on any atom is -0.381 e. The first-order chi connectivity index (χ1) is 7.03. The fraction of sp³-hybridized carbons (Fsp3) is 0.625. The highest BCUT2D eigenvalue weighted by molar-refractivity contribution is 7.89. The van der Waals surface area contributed by atoms with E-state index >= 15 is 0 Å². The summed E-state index contributed by atoms with van der Waals surface area (Å²) in [5.74, 6) is 0.0735. The summed E-state index contributed by atoms with van der Waals surface area (Å²) in [5, 5.41) is 0.101. The second kappa shape index (κ2) is 3.49. The maximum absolute atomic E-state index is 12.1. The van der Waals surface area contributed by atoms with Crippen molar-refractivity contribution in [3.8, 4) is 0 Å². The van der Waals surface area contributed by atoms with Gasteiger partial charge in [0.25, 0.3) is 10.0 Å². The molecule has 1 aliphatic rings. The van der Waals surface area contributed by atoms with Crippen molar-refractivity contribution in [2.45, 2.75) is 17.9 Å². The summed E-state index contributed by atoms with van der Waals surface area (Å²) in [6.07, 6.45) is 3.24. The summed E-state index contributed by atoms with van der Waals surface area (Å²) in [6, 6.07) is 0. The average Bonchev–Trinajstić information content (AvgIpc) is 2.75. The summed E-state index contributed by atoms with van der Waals surface area (Å²) < 4.78 is 27.2. The lowest BCUT2D eigenvalue weighted by molar-refractivity contribution is 0.471. The first kappa shape index (κ1) is 10.4. The zero-order valence-corrected chi connectivity index (χ0v) is 9.37. The molecule has 0 aliphatic carbocycles. The first-order valence-corrected chi connectivity index (χ1v) is 6.24. The van der Waals surface area contributed by atoms with Gasteiger partial charge in [0.15, 0.2) is 10.8 Å². The predicted molar refractivity (Wildman–Crippen MR) is 55.6 cm³/mol. The summed E-state index contributed by atoms with van der Waals surface area (Å²) in [7, 11) is -1.82. The Morgan fingerprint density at radius 3 is 2.47 bits per heavy atom. The number of rotatable bonds is 2. The topological polar surface area (TPSA) is 81.2 Å². The molecule has 2 heterocycles. The molecular weight excluding hydrogens is 216 g/mol. The number of sulfonamides is 1. The molecule has 2 rings (SSSR count). The largest absolute Gasteiger partial charge is 0.381 e. The summed E-state index contributed by atoms with van der Waals surface area (Å²) in [5.41, 5.74) is 5.56. The van der Waals surface area contributed by atoms with E-state index in [-0.39, 0.29) is 10.8 Å². The van der Waals surface area contributed by atoms with Crippen LogP contribution in [0, 0.1) is 0 Å². The lowest BCUT2D eigenvalue weighted by Crippen LogP contribution is -2.29. The molecule has 7 heteroatoms. The highest BCUT2D eigenvalue weighted by Gasteiger charge is 2.31. The summed E-state index contributed by atoms with van der Waals surface area (Å²) >= 11 is 0. The Morgan fingerprint density at radius 1 is 1.40 bits per heavy atom. The van der Waals surface area contributed by atoms with Crippen molar-refractivity contribution in [1.82, 2.24) is 13.9 Å². The van der Waals surface area contributed by atoms with Crippen LogP contribution >= 0.6 is 0 Å². The molecule has 1 aromatic heterocycles. The van der Waals surface area contributed by atoms with Gasteiger partial charge in [-0.2, -0.15) is 4.31 Å². The van der Waals surface area contributed by atoms with Crippen molar-refractivity contribution in [2.24, 2.45) is 7.05 Å². The third-order valence-electron chi connectivity index (χ3n) is 2.56. The van der Waals surface area contributed by atoms with E-state index in [1.807, 2.05) is 0 Å². The third kappa shape index (κ3) is 1.61. The molecule has 0 atom stereocenters. The van der Waals surface area contributed by atoms with Crippen molar-refractivity contribution >= 4 is 15.8 Å². The molecule has 1 aromatic rings. The molecule has 1 fully saturated rings. The first-order valence-electron chi connectivity index (χ1n) is 4.80. The van der Waals surface area contributed by atoms with Crippen LogP contribution < -0.4 is 5.73 Å². The zero-order valence-electron chi connectivity index (χ0n) is 8.55. The number of anilines is 1. The van der Waals surface area contributed by atoms with Crippen LogP contribution in [-0.4, -0.2) is 35.4 Å². The lowest BCUT2D eigenvalue weighted by atomic mass is 10.4. The van der Waals surface area contributed by atoms with Crippen LogP contribution in [0.5, 0.6) is 0 Å². The van der Waals surface area contributed by atoms with Gasteiger partial charge in [-0.3, -0.25) is 0 Å². The number of aryl methyl sites for hydroxylation is 1. The third-order valence-corrected chi connectivity index (χ3v) is 4.59. The Bertz CT molecular complexity index is 439. The van der Waals surface area contributed by atoms with Gasteiger partial charge >= 0.3 is 0 Å². The van der Waals surface area contributed by atoms with E-state index in [0.717, 1.165) is 12.8 Å². The van der Waals surface area contributed by atoms with Gasteiger partial charge < -0.3 is 10.3 Å². The molecule has 0 saturated carbocycles. The van der Waals surface area contributed by atoms with Crippen LogP contribution in [0.25, 0.3) is 0 Å². The monoisotopic (exact) mass is 230 g/mol. The zero-order chi connectivity index (χ0) is 11.1. The molecule has 0 unspecified atom stereocenters. The Morgan fingerprint density at radius 2 is 2.00 bits per heavy atom. The van der Waals surface area contributed by atoms with Gasteiger partial charge in [-0.15, -0.1) is 0 Å². The van der Waals surface area contributed by atoms with Gasteiger partial charge in [-0.05, 0) is 12.8 Å². The Labute approximate surface area is 88.7 Å². The van der Waals surface area contributed by atoms with Crippen LogP contribution in [0.15, 0.2) is 11.4 Å². The van der Waals surface area contributed by atoms with E-state index in [1.54, 1.807) is 7.05 Å². The SMILES string of the molecule is Cn1cnc(N)c1S(=O)(=O)N1CCCC1. The highest BCUT2D eigenvalue weighted by atomic mass is 32.2. The maximum Gasteiger partial charge on any atom is 0.262 e. The van der Waals surface area contributed by atoms with Crippen molar-refractivity contribution in [1.29, 1.82) is 0 Å². The van der Waals surface area contributed by atoms with E-state index in [2.05, 4.69) is 4.98 Å². The number of nitrogens with zero attached hydrogens (tertiary/aromatic N) is 3. The predicted octanol–water partition coefficient (Wildman–Crippen LogP) is -0.213. The van der Waals surface area contributed by atoms with E-state index in [1.165, 1.54) is 15.2 Å². The number of imidazole rings is 1. The van der Waals surface area contributed by atoms with E-state index in [9.17, 15) is 8.42 Å². The van der Waals surface area contributed by atoms with Gasteiger partial charge in [0.05, 0.1) is 6.33 Å². The second-order valence-electron chi connectivity index (χ2n) is 3.66. The molecule has 84 valence electrons.